The lowest BCUT2D eigenvalue weighted by molar-refractivity contribution is -0.385. The highest BCUT2D eigenvalue weighted by Crippen LogP contribution is 2.21. The second-order valence-corrected chi connectivity index (χ2v) is 6.45. The molecule has 8 heteroatoms. The van der Waals surface area contributed by atoms with Gasteiger partial charge in [-0.15, -0.1) is 0 Å². The first-order valence-corrected chi connectivity index (χ1v) is 8.77. The number of aromatic nitrogens is 2. The molecule has 1 aliphatic heterocycles. The quantitative estimate of drug-likeness (QED) is 0.604. The van der Waals surface area contributed by atoms with E-state index in [9.17, 15) is 14.9 Å². The van der Waals surface area contributed by atoms with Gasteiger partial charge < -0.3 is 4.90 Å². The third kappa shape index (κ3) is 3.60. The van der Waals surface area contributed by atoms with Crippen LogP contribution in [0.5, 0.6) is 0 Å². The lowest BCUT2D eigenvalue weighted by Gasteiger charge is -2.34. The number of hydrogen-bond donors (Lipinski definition) is 0. The molecule has 2 heterocycles. The maximum Gasteiger partial charge on any atom is 0.320 e. The maximum absolute atomic E-state index is 12.8. The molecule has 26 heavy (non-hydrogen) atoms. The van der Waals surface area contributed by atoms with Gasteiger partial charge in [0, 0.05) is 39.3 Å². The summed E-state index contributed by atoms with van der Waals surface area (Å²) in [7, 11) is 0. The Balaban J connectivity index is 1.67. The molecule has 0 saturated carbocycles. The van der Waals surface area contributed by atoms with Gasteiger partial charge >= 0.3 is 5.69 Å². The van der Waals surface area contributed by atoms with Crippen LogP contribution in [-0.4, -0.2) is 56.6 Å². The van der Waals surface area contributed by atoms with Crippen molar-refractivity contribution in [3.8, 4) is 0 Å². The summed E-state index contributed by atoms with van der Waals surface area (Å²) < 4.78 is 1.40. The van der Waals surface area contributed by atoms with Crippen LogP contribution in [0.1, 0.15) is 28.5 Å². The van der Waals surface area contributed by atoms with Crippen LogP contribution in [0.4, 0.5) is 5.69 Å². The molecule has 1 fully saturated rings. The van der Waals surface area contributed by atoms with Gasteiger partial charge in [0.1, 0.15) is 6.20 Å². The number of benzene rings is 1. The highest BCUT2D eigenvalue weighted by Gasteiger charge is 2.31. The van der Waals surface area contributed by atoms with Crippen LogP contribution in [0.3, 0.4) is 0 Å². The number of rotatable bonds is 5. The monoisotopic (exact) mass is 357 g/mol. The average molecular weight is 357 g/mol. The molecule has 0 unspecified atom stereocenters. The first-order valence-electron chi connectivity index (χ1n) is 8.77. The smallest absolute Gasteiger partial charge is 0.320 e. The van der Waals surface area contributed by atoms with Gasteiger partial charge in [-0.2, -0.15) is 5.10 Å². The van der Waals surface area contributed by atoms with Crippen molar-refractivity contribution in [1.82, 2.24) is 19.6 Å². The average Bonchev–Trinajstić information content (AvgIpc) is 3.08. The van der Waals surface area contributed by atoms with Gasteiger partial charge in [0.05, 0.1) is 4.92 Å². The van der Waals surface area contributed by atoms with Crippen LogP contribution < -0.4 is 0 Å². The van der Waals surface area contributed by atoms with Crippen LogP contribution in [0, 0.1) is 17.0 Å². The Morgan fingerprint density at radius 3 is 2.54 bits per heavy atom. The van der Waals surface area contributed by atoms with Crippen molar-refractivity contribution in [1.29, 1.82) is 0 Å². The predicted molar refractivity (Wildman–Crippen MR) is 96.9 cm³/mol. The Morgan fingerprint density at radius 1 is 1.23 bits per heavy atom. The van der Waals surface area contributed by atoms with E-state index in [-0.39, 0.29) is 17.3 Å². The van der Waals surface area contributed by atoms with E-state index in [4.69, 9.17) is 0 Å². The minimum atomic E-state index is -0.541. The van der Waals surface area contributed by atoms with Crippen molar-refractivity contribution in [2.45, 2.75) is 26.9 Å². The minimum absolute atomic E-state index is 0.0739. The topological polar surface area (TPSA) is 84.5 Å². The van der Waals surface area contributed by atoms with Crippen LogP contribution in [-0.2, 0) is 13.1 Å². The van der Waals surface area contributed by atoms with Gasteiger partial charge in [0.25, 0.3) is 5.91 Å². The van der Waals surface area contributed by atoms with E-state index < -0.39 is 4.92 Å². The fourth-order valence-corrected chi connectivity index (χ4v) is 3.26. The summed E-state index contributed by atoms with van der Waals surface area (Å²) in [6.07, 6.45) is 1.16. The highest BCUT2D eigenvalue weighted by molar-refractivity contribution is 5.96. The number of amides is 1. The number of piperazine rings is 1. The molecule has 0 radical (unpaired) electrons. The molecule has 0 atom stereocenters. The Morgan fingerprint density at radius 2 is 1.92 bits per heavy atom. The summed E-state index contributed by atoms with van der Waals surface area (Å²) in [5, 5.41) is 15.2. The summed E-state index contributed by atoms with van der Waals surface area (Å²) >= 11 is 0. The first kappa shape index (κ1) is 18.1. The molecule has 1 aliphatic rings. The predicted octanol–water partition coefficient (Wildman–Crippen LogP) is 2.08. The largest absolute Gasteiger partial charge is 0.335 e. The van der Waals surface area contributed by atoms with E-state index in [1.165, 1.54) is 15.8 Å². The highest BCUT2D eigenvalue weighted by atomic mass is 16.6. The third-order valence-electron chi connectivity index (χ3n) is 4.83. The molecule has 1 amide bonds. The number of nitro groups is 1. The van der Waals surface area contributed by atoms with Gasteiger partial charge in [-0.05, 0) is 25.0 Å². The summed E-state index contributed by atoms with van der Waals surface area (Å²) in [5.41, 5.74) is 2.39. The first-order chi connectivity index (χ1) is 12.5. The van der Waals surface area contributed by atoms with Gasteiger partial charge in [0.2, 0.25) is 5.69 Å². The van der Waals surface area contributed by atoms with Crippen LogP contribution in [0.25, 0.3) is 0 Å². The minimum Gasteiger partial charge on any atom is -0.335 e. The molecule has 3 rings (SSSR count). The molecular weight excluding hydrogens is 334 g/mol. The third-order valence-corrected chi connectivity index (χ3v) is 4.83. The molecule has 138 valence electrons. The SMILES string of the molecule is CCn1ncc([N+](=O)[O-])c1C(=O)N1CCN(Cc2ccccc2C)CC1. The van der Waals surface area contributed by atoms with Gasteiger partial charge in [-0.25, -0.2) is 0 Å². The van der Waals surface area contributed by atoms with E-state index >= 15 is 0 Å². The van der Waals surface area contributed by atoms with Crippen molar-refractivity contribution >= 4 is 11.6 Å². The van der Waals surface area contributed by atoms with E-state index in [2.05, 4.69) is 29.1 Å². The van der Waals surface area contributed by atoms with Crippen LogP contribution in [0.2, 0.25) is 0 Å². The Labute approximate surface area is 152 Å². The van der Waals surface area contributed by atoms with Gasteiger partial charge in [0.15, 0.2) is 0 Å². The fourth-order valence-electron chi connectivity index (χ4n) is 3.26. The summed E-state index contributed by atoms with van der Waals surface area (Å²) in [6.45, 7) is 7.77. The second kappa shape index (κ2) is 7.65. The standard InChI is InChI=1S/C18H23N5O3/c1-3-22-17(16(12-19-22)23(25)26)18(24)21-10-8-20(9-11-21)13-15-7-5-4-6-14(15)2/h4-7,12H,3,8-11,13H2,1-2H3. The van der Waals surface area contributed by atoms with Crippen molar-refractivity contribution in [2.24, 2.45) is 0 Å². The molecule has 1 aromatic heterocycles. The molecule has 0 aliphatic carbocycles. The van der Waals surface area contributed by atoms with E-state index in [1.807, 2.05) is 19.1 Å². The second-order valence-electron chi connectivity index (χ2n) is 6.45. The van der Waals surface area contributed by atoms with Crippen molar-refractivity contribution in [2.75, 3.05) is 26.2 Å². The zero-order valence-corrected chi connectivity index (χ0v) is 15.1. The molecule has 0 N–H and O–H groups in total. The maximum atomic E-state index is 12.8. The molecule has 1 aromatic carbocycles. The summed E-state index contributed by atoms with van der Waals surface area (Å²) in [5.74, 6) is -0.313. The Hall–Kier alpha value is -2.74. The molecule has 8 nitrogen and oxygen atoms in total. The normalized spacial score (nSPS) is 15.2. The molecule has 0 bridgehead atoms. The van der Waals surface area contributed by atoms with Crippen LogP contribution >= 0.6 is 0 Å². The number of hydrogen-bond acceptors (Lipinski definition) is 5. The van der Waals surface area contributed by atoms with Crippen molar-refractivity contribution in [3.63, 3.8) is 0 Å². The zero-order chi connectivity index (χ0) is 18.7. The lowest BCUT2D eigenvalue weighted by atomic mass is 10.1. The molecule has 1 saturated heterocycles. The van der Waals surface area contributed by atoms with Gasteiger partial charge in [-0.1, -0.05) is 24.3 Å². The van der Waals surface area contributed by atoms with E-state index in [0.717, 1.165) is 25.8 Å². The number of carbonyl (C=O) groups excluding carboxylic acids is 1. The molecule has 0 spiro atoms. The Kier molecular flexibility index (Phi) is 5.32. The summed E-state index contributed by atoms with van der Waals surface area (Å²) in [4.78, 5) is 27.5. The van der Waals surface area contributed by atoms with E-state index in [0.29, 0.717) is 19.6 Å². The van der Waals surface area contributed by atoms with Crippen molar-refractivity contribution < 1.29 is 9.72 Å². The number of nitrogens with zero attached hydrogens (tertiary/aromatic N) is 5. The van der Waals surface area contributed by atoms with Gasteiger partial charge in [-0.3, -0.25) is 24.5 Å². The van der Waals surface area contributed by atoms with Crippen molar-refractivity contribution in [3.05, 3.63) is 57.4 Å². The summed E-state index contributed by atoms with van der Waals surface area (Å²) in [6, 6.07) is 8.28. The molecule has 2 aromatic rings. The number of carbonyl (C=O) groups is 1. The van der Waals surface area contributed by atoms with E-state index in [1.54, 1.807) is 4.90 Å². The van der Waals surface area contributed by atoms with Crippen LogP contribution in [0.15, 0.2) is 30.5 Å². The molecular formula is C18H23N5O3. The zero-order valence-electron chi connectivity index (χ0n) is 15.1. The lowest BCUT2D eigenvalue weighted by Crippen LogP contribution is -2.48. The fraction of sp³-hybridized carbons (Fsp3) is 0.444. The Bertz CT molecular complexity index is 809. The number of aryl methyl sites for hydroxylation is 2.